The van der Waals surface area contributed by atoms with Gasteiger partial charge in [0.25, 0.3) is 0 Å². The minimum Gasteiger partial charge on any atom is -0.463 e. The summed E-state index contributed by atoms with van der Waals surface area (Å²) < 4.78 is 4.82. The molecule has 1 heterocycles. The second-order valence-electron chi connectivity index (χ2n) is 4.89. The lowest BCUT2D eigenvalue weighted by Gasteiger charge is -2.05. The number of aryl methyl sites for hydroxylation is 1. The molecule has 120 valence electrons. The maximum Gasteiger partial charge on any atom is 0.330 e. The molecule has 0 saturated carbocycles. The fourth-order valence-electron chi connectivity index (χ4n) is 1.95. The Kier molecular flexibility index (Phi) is 6.56. The minimum absolute atomic E-state index is 0.00832. The number of hydrogen-bond acceptors (Lipinski definition) is 4. The van der Waals surface area contributed by atoms with Crippen LogP contribution < -0.4 is 5.32 Å². The second kappa shape index (κ2) is 8.90. The topological polar surface area (TPSA) is 55.4 Å². The van der Waals surface area contributed by atoms with Crippen LogP contribution in [0, 0.1) is 0 Å². The van der Waals surface area contributed by atoms with Crippen LogP contribution in [0.5, 0.6) is 0 Å². The van der Waals surface area contributed by atoms with E-state index in [1.165, 1.54) is 11.6 Å². The molecule has 0 saturated heterocycles. The van der Waals surface area contributed by atoms with Gasteiger partial charge in [0.15, 0.2) is 0 Å². The first-order valence-corrected chi connectivity index (χ1v) is 8.37. The summed E-state index contributed by atoms with van der Waals surface area (Å²) in [6.07, 6.45) is 4.27. The van der Waals surface area contributed by atoms with Crippen molar-refractivity contribution in [3.8, 4) is 0 Å². The van der Waals surface area contributed by atoms with Crippen LogP contribution in [0.15, 0.2) is 47.2 Å². The van der Waals surface area contributed by atoms with Crippen molar-refractivity contribution in [2.24, 2.45) is 0 Å². The molecule has 0 fully saturated rings. The van der Waals surface area contributed by atoms with Gasteiger partial charge in [-0.1, -0.05) is 12.1 Å². The summed E-state index contributed by atoms with van der Waals surface area (Å²) in [6.45, 7) is 2.13. The summed E-state index contributed by atoms with van der Waals surface area (Å²) in [5, 5.41) is 6.93. The maximum absolute atomic E-state index is 11.9. The van der Waals surface area contributed by atoms with Crippen LogP contribution in [-0.4, -0.2) is 18.5 Å². The van der Waals surface area contributed by atoms with Gasteiger partial charge in [-0.2, -0.15) is 11.3 Å². The highest BCUT2D eigenvalue weighted by Crippen LogP contribution is 2.13. The highest BCUT2D eigenvalue weighted by atomic mass is 32.1. The van der Waals surface area contributed by atoms with Gasteiger partial charge >= 0.3 is 5.97 Å². The van der Waals surface area contributed by atoms with Crippen molar-refractivity contribution in [1.29, 1.82) is 0 Å². The quantitative estimate of drug-likeness (QED) is 0.619. The minimum atomic E-state index is -0.363. The average molecular weight is 329 g/mol. The Hall–Kier alpha value is -2.40. The monoisotopic (exact) mass is 329 g/mol. The van der Waals surface area contributed by atoms with Crippen molar-refractivity contribution in [3.05, 3.63) is 58.3 Å². The number of amides is 1. The van der Waals surface area contributed by atoms with Crippen molar-refractivity contribution < 1.29 is 14.3 Å². The first-order valence-electron chi connectivity index (χ1n) is 7.43. The summed E-state index contributed by atoms with van der Waals surface area (Å²) in [4.78, 5) is 23.1. The number of esters is 1. The van der Waals surface area contributed by atoms with E-state index in [0.717, 1.165) is 17.7 Å². The van der Waals surface area contributed by atoms with Gasteiger partial charge in [-0.05, 0) is 59.5 Å². The van der Waals surface area contributed by atoms with E-state index in [2.05, 4.69) is 10.7 Å². The van der Waals surface area contributed by atoms with Gasteiger partial charge in [0.1, 0.15) is 0 Å². The molecule has 2 aromatic rings. The Morgan fingerprint density at radius 3 is 2.65 bits per heavy atom. The molecule has 0 aliphatic heterocycles. The molecule has 1 N–H and O–H groups in total. The normalized spacial score (nSPS) is 10.7. The molecule has 0 bridgehead atoms. The summed E-state index contributed by atoms with van der Waals surface area (Å²) in [7, 11) is 0. The Labute approximate surface area is 139 Å². The molecule has 1 amide bonds. The number of carbonyl (C=O) groups is 2. The molecule has 1 aromatic heterocycles. The molecule has 23 heavy (non-hydrogen) atoms. The summed E-state index contributed by atoms with van der Waals surface area (Å²) in [5.74, 6) is -0.371. The number of hydrogen-bond donors (Lipinski definition) is 1. The van der Waals surface area contributed by atoms with E-state index in [-0.39, 0.29) is 11.9 Å². The largest absolute Gasteiger partial charge is 0.463 e. The van der Waals surface area contributed by atoms with E-state index in [0.29, 0.717) is 13.0 Å². The third-order valence-corrected chi connectivity index (χ3v) is 3.85. The van der Waals surface area contributed by atoms with Crippen molar-refractivity contribution in [2.45, 2.75) is 19.8 Å². The smallest absolute Gasteiger partial charge is 0.330 e. The van der Waals surface area contributed by atoms with Crippen molar-refractivity contribution in [1.82, 2.24) is 0 Å². The Morgan fingerprint density at radius 1 is 1.22 bits per heavy atom. The van der Waals surface area contributed by atoms with Gasteiger partial charge in [-0.25, -0.2) is 4.79 Å². The zero-order valence-electron chi connectivity index (χ0n) is 13.0. The van der Waals surface area contributed by atoms with E-state index in [1.807, 2.05) is 35.7 Å². The number of thiophene rings is 1. The molecular weight excluding hydrogens is 310 g/mol. The van der Waals surface area contributed by atoms with Gasteiger partial charge in [-0.3, -0.25) is 4.79 Å². The Balaban J connectivity index is 1.82. The van der Waals surface area contributed by atoms with E-state index in [4.69, 9.17) is 4.74 Å². The molecule has 0 unspecified atom stereocenters. The van der Waals surface area contributed by atoms with Crippen molar-refractivity contribution >= 4 is 35.0 Å². The predicted molar refractivity (Wildman–Crippen MR) is 93.4 cm³/mol. The van der Waals surface area contributed by atoms with Crippen LogP contribution in [0.3, 0.4) is 0 Å². The number of anilines is 1. The number of ether oxygens (including phenoxy) is 1. The number of nitrogens with one attached hydrogen (secondary N) is 1. The van der Waals surface area contributed by atoms with Crippen LogP contribution in [0.4, 0.5) is 5.69 Å². The van der Waals surface area contributed by atoms with Crippen molar-refractivity contribution in [2.75, 3.05) is 11.9 Å². The van der Waals surface area contributed by atoms with Gasteiger partial charge in [0, 0.05) is 18.2 Å². The molecule has 0 aliphatic carbocycles. The zero-order chi connectivity index (χ0) is 16.5. The van der Waals surface area contributed by atoms with Crippen molar-refractivity contribution in [3.63, 3.8) is 0 Å². The highest BCUT2D eigenvalue weighted by molar-refractivity contribution is 7.07. The lowest BCUT2D eigenvalue weighted by atomic mass is 10.1. The standard InChI is InChI=1S/C18H19NO3S/c1-2-22-18(21)10-6-14-3-7-16(8-4-14)19-17(20)9-5-15-11-12-23-13-15/h3-4,6-8,10-13H,2,5,9H2,1H3,(H,19,20). The number of rotatable bonds is 7. The van der Waals surface area contributed by atoms with Crippen LogP contribution >= 0.6 is 11.3 Å². The SMILES string of the molecule is CCOC(=O)C=Cc1ccc(NC(=O)CCc2ccsc2)cc1. The fraction of sp³-hybridized carbons (Fsp3) is 0.222. The molecule has 4 nitrogen and oxygen atoms in total. The van der Waals surface area contributed by atoms with Crippen LogP contribution in [0.25, 0.3) is 6.08 Å². The van der Waals surface area contributed by atoms with Crippen LogP contribution in [-0.2, 0) is 20.7 Å². The van der Waals surface area contributed by atoms with E-state index >= 15 is 0 Å². The highest BCUT2D eigenvalue weighted by Gasteiger charge is 2.03. The number of benzene rings is 1. The zero-order valence-corrected chi connectivity index (χ0v) is 13.8. The summed E-state index contributed by atoms with van der Waals surface area (Å²) in [5.41, 5.74) is 2.80. The third-order valence-electron chi connectivity index (χ3n) is 3.11. The predicted octanol–water partition coefficient (Wildman–Crippen LogP) is 3.90. The number of carbonyl (C=O) groups excluding carboxylic acids is 2. The molecule has 5 heteroatoms. The maximum atomic E-state index is 11.9. The lowest BCUT2D eigenvalue weighted by molar-refractivity contribution is -0.137. The fourth-order valence-corrected chi connectivity index (χ4v) is 2.65. The molecule has 0 spiro atoms. The van der Waals surface area contributed by atoms with Gasteiger partial charge in [0.2, 0.25) is 5.91 Å². The average Bonchev–Trinajstić information content (AvgIpc) is 3.06. The Bertz CT molecular complexity index is 660. The molecule has 0 aliphatic rings. The van der Waals surface area contributed by atoms with E-state index in [1.54, 1.807) is 24.3 Å². The second-order valence-corrected chi connectivity index (χ2v) is 5.67. The molecule has 0 atom stereocenters. The van der Waals surface area contributed by atoms with Crippen LogP contribution in [0.2, 0.25) is 0 Å². The van der Waals surface area contributed by atoms with Gasteiger partial charge in [-0.15, -0.1) is 0 Å². The molecular formula is C18H19NO3S. The summed E-state index contributed by atoms with van der Waals surface area (Å²) in [6, 6.07) is 9.33. The summed E-state index contributed by atoms with van der Waals surface area (Å²) >= 11 is 1.64. The van der Waals surface area contributed by atoms with Crippen LogP contribution in [0.1, 0.15) is 24.5 Å². The first-order chi connectivity index (χ1) is 11.2. The van der Waals surface area contributed by atoms with Gasteiger partial charge in [0.05, 0.1) is 6.61 Å². The van der Waals surface area contributed by atoms with E-state index in [9.17, 15) is 9.59 Å². The van der Waals surface area contributed by atoms with E-state index < -0.39 is 0 Å². The first kappa shape index (κ1) is 17.0. The van der Waals surface area contributed by atoms with Gasteiger partial charge < -0.3 is 10.1 Å². The molecule has 2 rings (SSSR count). The molecule has 0 radical (unpaired) electrons. The molecule has 1 aromatic carbocycles. The third kappa shape index (κ3) is 6.08. The lowest BCUT2D eigenvalue weighted by Crippen LogP contribution is -2.12. The Morgan fingerprint density at radius 2 is 2.00 bits per heavy atom.